The molecule has 0 aromatic heterocycles. The Labute approximate surface area is 162 Å². The standard InChI is InChI=1S/C21H30N4O2/c1-5-16(8-11-21(7-3)19(26)23-20(27)24-21)14-18(6-2)22-15-17-9-12-25(4)13-10-17/h5-6,14,17,22H,1,7,9-10,12-13,15H2,2-4H3,(H2,23,24,26,27)/b16-14+,18-6+/t21-/m0/s1. The maximum Gasteiger partial charge on any atom is 0.323 e. The second-order valence-electron chi connectivity index (χ2n) is 7.09. The molecule has 27 heavy (non-hydrogen) atoms. The molecule has 2 aliphatic rings. The van der Waals surface area contributed by atoms with Crippen LogP contribution in [0.3, 0.4) is 0 Å². The first-order chi connectivity index (χ1) is 12.9. The zero-order valence-electron chi connectivity index (χ0n) is 16.5. The lowest BCUT2D eigenvalue weighted by molar-refractivity contribution is -0.122. The minimum atomic E-state index is -1.17. The number of carbonyl (C=O) groups is 2. The summed E-state index contributed by atoms with van der Waals surface area (Å²) >= 11 is 0. The summed E-state index contributed by atoms with van der Waals surface area (Å²) in [7, 11) is 2.16. The molecule has 6 heteroatoms. The van der Waals surface area contributed by atoms with Gasteiger partial charge in [0.1, 0.15) is 0 Å². The van der Waals surface area contributed by atoms with E-state index in [1.165, 1.54) is 12.8 Å². The zero-order chi connectivity index (χ0) is 19.9. The monoisotopic (exact) mass is 370 g/mol. The van der Waals surface area contributed by atoms with Gasteiger partial charge in [-0.3, -0.25) is 10.1 Å². The van der Waals surface area contributed by atoms with Gasteiger partial charge in [-0.05, 0) is 58.3 Å². The first-order valence-electron chi connectivity index (χ1n) is 9.52. The predicted octanol–water partition coefficient (Wildman–Crippen LogP) is 1.93. The fourth-order valence-electron chi connectivity index (χ4n) is 3.17. The molecule has 0 unspecified atom stereocenters. The van der Waals surface area contributed by atoms with Gasteiger partial charge in [0.25, 0.3) is 5.91 Å². The van der Waals surface area contributed by atoms with E-state index in [1.54, 1.807) is 6.08 Å². The number of likely N-dealkylation sites (tertiary alicyclic amines) is 1. The van der Waals surface area contributed by atoms with Crippen molar-refractivity contribution in [3.8, 4) is 11.8 Å². The van der Waals surface area contributed by atoms with Gasteiger partial charge in [-0.1, -0.05) is 37.5 Å². The Morgan fingerprint density at radius 1 is 1.41 bits per heavy atom. The van der Waals surface area contributed by atoms with Gasteiger partial charge in [-0.2, -0.15) is 0 Å². The molecule has 2 aliphatic heterocycles. The molecule has 2 fully saturated rings. The number of nitrogens with one attached hydrogen (secondary N) is 3. The van der Waals surface area contributed by atoms with Crippen LogP contribution in [-0.4, -0.2) is 49.1 Å². The highest BCUT2D eigenvalue weighted by molar-refractivity contribution is 6.09. The van der Waals surface area contributed by atoms with Gasteiger partial charge in [0.2, 0.25) is 0 Å². The van der Waals surface area contributed by atoms with Gasteiger partial charge in [-0.25, -0.2) is 4.79 Å². The van der Waals surface area contributed by atoms with E-state index in [2.05, 4.69) is 46.3 Å². The van der Waals surface area contributed by atoms with E-state index in [0.29, 0.717) is 17.9 Å². The third-order valence-corrected chi connectivity index (χ3v) is 5.17. The van der Waals surface area contributed by atoms with E-state index in [-0.39, 0.29) is 0 Å². The molecule has 2 heterocycles. The van der Waals surface area contributed by atoms with Crippen LogP contribution in [0.2, 0.25) is 0 Å². The molecule has 0 aliphatic carbocycles. The van der Waals surface area contributed by atoms with Crippen LogP contribution < -0.4 is 16.0 Å². The fraction of sp³-hybridized carbons (Fsp3) is 0.524. The SMILES string of the molecule is C=C/C(C#C[C@]1(CC)NC(=O)NC1=O)=C\C(=C/C)NCC1CCN(C)CC1. The molecule has 0 aromatic rings. The number of hydrogen-bond acceptors (Lipinski definition) is 4. The topological polar surface area (TPSA) is 73.5 Å². The molecular formula is C21H30N4O2. The van der Waals surface area contributed by atoms with E-state index in [9.17, 15) is 9.59 Å². The van der Waals surface area contributed by atoms with Crippen molar-refractivity contribution >= 4 is 11.9 Å². The summed E-state index contributed by atoms with van der Waals surface area (Å²) in [4.78, 5) is 25.9. The van der Waals surface area contributed by atoms with Gasteiger partial charge < -0.3 is 15.5 Å². The van der Waals surface area contributed by atoms with E-state index >= 15 is 0 Å². The van der Waals surface area contributed by atoms with Crippen molar-refractivity contribution in [3.63, 3.8) is 0 Å². The minimum Gasteiger partial charge on any atom is -0.385 e. The van der Waals surface area contributed by atoms with Gasteiger partial charge in [0.05, 0.1) is 0 Å². The Hall–Kier alpha value is -2.52. The first-order valence-corrected chi connectivity index (χ1v) is 9.52. The molecule has 0 spiro atoms. The number of urea groups is 1. The Morgan fingerprint density at radius 3 is 2.63 bits per heavy atom. The van der Waals surface area contributed by atoms with E-state index in [0.717, 1.165) is 25.3 Å². The maximum atomic E-state index is 12.0. The number of rotatable bonds is 6. The van der Waals surface area contributed by atoms with Crippen molar-refractivity contribution in [2.24, 2.45) is 5.92 Å². The molecule has 3 N–H and O–H groups in total. The molecule has 0 saturated carbocycles. The summed E-state index contributed by atoms with van der Waals surface area (Å²) in [5.41, 5.74) is 0.501. The van der Waals surface area contributed by atoms with Crippen LogP contribution in [0.5, 0.6) is 0 Å². The van der Waals surface area contributed by atoms with Crippen molar-refractivity contribution in [1.29, 1.82) is 0 Å². The third-order valence-electron chi connectivity index (χ3n) is 5.17. The highest BCUT2D eigenvalue weighted by atomic mass is 16.2. The van der Waals surface area contributed by atoms with Gasteiger partial charge in [0.15, 0.2) is 5.54 Å². The number of imide groups is 1. The Kier molecular flexibility index (Phi) is 7.26. The van der Waals surface area contributed by atoms with Crippen LogP contribution in [0.15, 0.2) is 36.1 Å². The average molecular weight is 370 g/mol. The molecule has 0 bridgehead atoms. The molecule has 3 amide bonds. The van der Waals surface area contributed by atoms with Crippen LogP contribution in [0.4, 0.5) is 4.79 Å². The number of allylic oxidation sites excluding steroid dienone is 4. The van der Waals surface area contributed by atoms with Gasteiger partial charge in [0, 0.05) is 17.8 Å². The molecule has 2 saturated heterocycles. The van der Waals surface area contributed by atoms with E-state index < -0.39 is 17.5 Å². The summed E-state index contributed by atoms with van der Waals surface area (Å²) in [5.74, 6) is 6.18. The third kappa shape index (κ3) is 5.48. The Balaban J connectivity index is 2.04. The summed E-state index contributed by atoms with van der Waals surface area (Å²) < 4.78 is 0. The fourth-order valence-corrected chi connectivity index (χ4v) is 3.17. The normalized spacial score (nSPS) is 24.7. The Bertz CT molecular complexity index is 705. The zero-order valence-corrected chi connectivity index (χ0v) is 16.5. The molecule has 1 atom stereocenters. The lowest BCUT2D eigenvalue weighted by Crippen LogP contribution is -2.44. The summed E-state index contributed by atoms with van der Waals surface area (Å²) in [5, 5.41) is 8.35. The molecule has 6 nitrogen and oxygen atoms in total. The van der Waals surface area contributed by atoms with E-state index in [1.807, 2.05) is 26.0 Å². The minimum absolute atomic E-state index is 0.396. The molecular weight excluding hydrogens is 340 g/mol. The van der Waals surface area contributed by atoms with Crippen molar-refractivity contribution in [2.75, 3.05) is 26.7 Å². The predicted molar refractivity (Wildman–Crippen MR) is 108 cm³/mol. The van der Waals surface area contributed by atoms with Crippen LogP contribution in [0.25, 0.3) is 0 Å². The molecule has 0 radical (unpaired) electrons. The van der Waals surface area contributed by atoms with Crippen molar-refractivity contribution in [1.82, 2.24) is 20.9 Å². The van der Waals surface area contributed by atoms with Crippen LogP contribution >= 0.6 is 0 Å². The maximum absolute atomic E-state index is 12.0. The lowest BCUT2D eigenvalue weighted by Gasteiger charge is -2.29. The largest absolute Gasteiger partial charge is 0.385 e. The van der Waals surface area contributed by atoms with Crippen LogP contribution in [0, 0.1) is 17.8 Å². The highest BCUT2D eigenvalue weighted by Gasteiger charge is 2.43. The van der Waals surface area contributed by atoms with Gasteiger partial charge in [-0.15, -0.1) is 0 Å². The van der Waals surface area contributed by atoms with Crippen LogP contribution in [-0.2, 0) is 4.79 Å². The van der Waals surface area contributed by atoms with Crippen LogP contribution in [0.1, 0.15) is 33.1 Å². The van der Waals surface area contributed by atoms with Gasteiger partial charge >= 0.3 is 6.03 Å². The number of hydrogen-bond donors (Lipinski definition) is 3. The van der Waals surface area contributed by atoms with Crippen molar-refractivity contribution in [3.05, 3.63) is 36.1 Å². The van der Waals surface area contributed by atoms with E-state index in [4.69, 9.17) is 0 Å². The second kappa shape index (κ2) is 9.43. The number of nitrogens with zero attached hydrogens (tertiary/aromatic N) is 1. The summed E-state index contributed by atoms with van der Waals surface area (Å²) in [6.45, 7) is 10.8. The smallest absolute Gasteiger partial charge is 0.323 e. The molecule has 146 valence electrons. The number of carbonyl (C=O) groups excluding carboxylic acids is 2. The second-order valence-corrected chi connectivity index (χ2v) is 7.09. The lowest BCUT2D eigenvalue weighted by atomic mass is 9.96. The molecule has 0 aromatic carbocycles. The number of piperidine rings is 1. The average Bonchev–Trinajstić information content (AvgIpc) is 2.96. The number of amides is 3. The Morgan fingerprint density at radius 2 is 2.11 bits per heavy atom. The summed E-state index contributed by atoms with van der Waals surface area (Å²) in [6.07, 6.45) is 8.38. The van der Waals surface area contributed by atoms with Crippen molar-refractivity contribution < 1.29 is 9.59 Å². The quantitative estimate of drug-likeness (QED) is 0.379. The first kappa shape index (κ1) is 20.8. The van der Waals surface area contributed by atoms with Crippen molar-refractivity contribution in [2.45, 2.75) is 38.6 Å². The molecule has 2 rings (SSSR count). The summed E-state index contributed by atoms with van der Waals surface area (Å²) in [6, 6.07) is -0.505. The highest BCUT2D eigenvalue weighted by Crippen LogP contribution is 2.16.